The second kappa shape index (κ2) is 7.01. The lowest BCUT2D eigenvalue weighted by Crippen LogP contribution is -2.06. The Bertz CT molecular complexity index is 493. The van der Waals surface area contributed by atoms with Crippen LogP contribution in [0.5, 0.6) is 0 Å². The fraction of sp³-hybridized carbons (Fsp3) is 0.692. The summed E-state index contributed by atoms with van der Waals surface area (Å²) in [6.45, 7) is 5.51. The van der Waals surface area contributed by atoms with Gasteiger partial charge >= 0.3 is 0 Å². The Kier molecular flexibility index (Phi) is 5.06. The van der Waals surface area contributed by atoms with Crippen molar-refractivity contribution >= 4 is 11.5 Å². The second-order valence-corrected chi connectivity index (χ2v) is 5.27. The Morgan fingerprint density at radius 3 is 2.84 bits per heavy atom. The van der Waals surface area contributed by atoms with Crippen LogP contribution in [-0.4, -0.2) is 31.8 Å². The van der Waals surface area contributed by atoms with E-state index in [1.807, 2.05) is 12.1 Å². The summed E-state index contributed by atoms with van der Waals surface area (Å²) in [4.78, 5) is 0. The van der Waals surface area contributed by atoms with E-state index in [9.17, 15) is 0 Å². The molecule has 0 fully saturated rings. The van der Waals surface area contributed by atoms with Crippen LogP contribution in [0.2, 0.25) is 0 Å². The van der Waals surface area contributed by atoms with Crippen molar-refractivity contribution < 1.29 is 0 Å². The van der Waals surface area contributed by atoms with Crippen molar-refractivity contribution in [1.82, 2.24) is 25.3 Å². The highest BCUT2D eigenvalue weighted by Crippen LogP contribution is 2.10. The smallest absolute Gasteiger partial charge is 0.200 e. The van der Waals surface area contributed by atoms with Crippen molar-refractivity contribution in [1.29, 1.82) is 0 Å². The number of tetrazole rings is 1. The van der Waals surface area contributed by atoms with E-state index in [0.29, 0.717) is 5.65 Å². The quantitative estimate of drug-likeness (QED) is 0.740. The van der Waals surface area contributed by atoms with Gasteiger partial charge in [0.25, 0.3) is 0 Å². The summed E-state index contributed by atoms with van der Waals surface area (Å²) in [7, 11) is 0. The Labute approximate surface area is 113 Å². The Morgan fingerprint density at radius 2 is 2.00 bits per heavy atom. The molecule has 0 saturated carbocycles. The van der Waals surface area contributed by atoms with Crippen molar-refractivity contribution in [3.8, 4) is 0 Å². The molecule has 0 aliphatic carbocycles. The topological polar surface area (TPSA) is 68.0 Å². The summed E-state index contributed by atoms with van der Waals surface area (Å²) in [5.74, 6) is 1.65. The molecule has 0 atom stereocenters. The second-order valence-electron chi connectivity index (χ2n) is 5.27. The number of nitrogens with zero attached hydrogens (tertiary/aromatic N) is 5. The van der Waals surface area contributed by atoms with E-state index in [2.05, 4.69) is 39.8 Å². The average Bonchev–Trinajstić information content (AvgIpc) is 2.84. The molecule has 0 aromatic carbocycles. The van der Waals surface area contributed by atoms with Crippen molar-refractivity contribution in [3.05, 3.63) is 12.1 Å². The molecule has 1 N–H and O–H groups in total. The zero-order chi connectivity index (χ0) is 13.5. The van der Waals surface area contributed by atoms with E-state index < -0.39 is 0 Å². The van der Waals surface area contributed by atoms with Gasteiger partial charge in [0.15, 0.2) is 5.65 Å². The SMILES string of the molecule is CC(C)CCCCCCNc1ccc2nnnn2n1. The molecule has 0 saturated heterocycles. The number of fused-ring (bicyclic) bond motifs is 1. The normalized spacial score (nSPS) is 11.3. The third kappa shape index (κ3) is 4.46. The van der Waals surface area contributed by atoms with Crippen molar-refractivity contribution in [2.45, 2.75) is 46.0 Å². The minimum Gasteiger partial charge on any atom is -0.369 e. The van der Waals surface area contributed by atoms with Crippen molar-refractivity contribution in [2.75, 3.05) is 11.9 Å². The van der Waals surface area contributed by atoms with Gasteiger partial charge in [-0.15, -0.1) is 14.8 Å². The highest BCUT2D eigenvalue weighted by Gasteiger charge is 2.00. The van der Waals surface area contributed by atoms with Gasteiger partial charge in [0, 0.05) is 6.54 Å². The van der Waals surface area contributed by atoms with E-state index in [0.717, 1.165) is 18.3 Å². The molecule has 2 heterocycles. The highest BCUT2D eigenvalue weighted by atomic mass is 15.6. The first-order valence-electron chi connectivity index (χ1n) is 7.05. The lowest BCUT2D eigenvalue weighted by Gasteiger charge is -2.06. The minimum absolute atomic E-state index is 0.666. The maximum absolute atomic E-state index is 4.26. The molecule has 0 aliphatic rings. The lowest BCUT2D eigenvalue weighted by molar-refractivity contribution is 0.523. The van der Waals surface area contributed by atoms with E-state index in [-0.39, 0.29) is 0 Å². The fourth-order valence-electron chi connectivity index (χ4n) is 1.99. The van der Waals surface area contributed by atoms with Crippen LogP contribution in [0.25, 0.3) is 5.65 Å². The number of unbranched alkanes of at least 4 members (excludes halogenated alkanes) is 3. The van der Waals surface area contributed by atoms with Gasteiger partial charge in [0.2, 0.25) is 0 Å². The highest BCUT2D eigenvalue weighted by molar-refractivity contribution is 5.41. The largest absolute Gasteiger partial charge is 0.369 e. The molecule has 6 heteroatoms. The zero-order valence-electron chi connectivity index (χ0n) is 11.7. The molecule has 2 aromatic heterocycles. The summed E-state index contributed by atoms with van der Waals surface area (Å²) < 4.78 is 1.44. The van der Waals surface area contributed by atoms with Crippen LogP contribution >= 0.6 is 0 Å². The molecule has 104 valence electrons. The van der Waals surface area contributed by atoms with Crippen molar-refractivity contribution in [3.63, 3.8) is 0 Å². The van der Waals surface area contributed by atoms with Gasteiger partial charge in [0.1, 0.15) is 5.82 Å². The number of hydrogen-bond acceptors (Lipinski definition) is 5. The fourth-order valence-corrected chi connectivity index (χ4v) is 1.99. The summed E-state index contributed by atoms with van der Waals surface area (Å²) in [5.41, 5.74) is 0.666. The van der Waals surface area contributed by atoms with E-state index in [4.69, 9.17) is 0 Å². The maximum atomic E-state index is 4.26. The summed E-state index contributed by atoms with van der Waals surface area (Å²) in [5, 5.41) is 18.7. The molecule has 19 heavy (non-hydrogen) atoms. The number of aromatic nitrogens is 5. The molecular weight excluding hydrogens is 240 g/mol. The first-order chi connectivity index (χ1) is 9.25. The van der Waals surface area contributed by atoms with E-state index in [1.165, 1.54) is 36.7 Å². The van der Waals surface area contributed by atoms with Gasteiger partial charge in [-0.2, -0.15) is 0 Å². The van der Waals surface area contributed by atoms with Gasteiger partial charge in [0.05, 0.1) is 0 Å². The molecule has 0 unspecified atom stereocenters. The minimum atomic E-state index is 0.666. The van der Waals surface area contributed by atoms with E-state index in [1.54, 1.807) is 0 Å². The summed E-state index contributed by atoms with van der Waals surface area (Å²) in [6.07, 6.45) is 6.44. The number of hydrogen-bond donors (Lipinski definition) is 1. The number of nitrogens with one attached hydrogen (secondary N) is 1. The van der Waals surface area contributed by atoms with E-state index >= 15 is 0 Å². The average molecular weight is 262 g/mol. The third-order valence-electron chi connectivity index (χ3n) is 3.08. The van der Waals surface area contributed by atoms with Gasteiger partial charge in [-0.05, 0) is 34.9 Å². The molecule has 0 amide bonds. The predicted molar refractivity (Wildman–Crippen MR) is 75.0 cm³/mol. The van der Waals surface area contributed by atoms with Crippen LogP contribution in [0.15, 0.2) is 12.1 Å². The van der Waals surface area contributed by atoms with Gasteiger partial charge in [-0.1, -0.05) is 39.5 Å². The van der Waals surface area contributed by atoms with Gasteiger partial charge in [-0.3, -0.25) is 0 Å². The molecule has 2 aromatic rings. The maximum Gasteiger partial charge on any atom is 0.200 e. The molecule has 0 bridgehead atoms. The van der Waals surface area contributed by atoms with Gasteiger partial charge in [-0.25, -0.2) is 0 Å². The van der Waals surface area contributed by atoms with Crippen LogP contribution < -0.4 is 5.32 Å². The number of anilines is 1. The van der Waals surface area contributed by atoms with Crippen LogP contribution in [0, 0.1) is 5.92 Å². The van der Waals surface area contributed by atoms with Crippen LogP contribution in [0.3, 0.4) is 0 Å². The van der Waals surface area contributed by atoms with Crippen LogP contribution in [0.1, 0.15) is 46.0 Å². The predicted octanol–water partition coefficient (Wildman–Crippen LogP) is 2.54. The molecule has 6 nitrogen and oxygen atoms in total. The molecule has 0 spiro atoms. The molecule has 0 radical (unpaired) electrons. The Hall–Kier alpha value is -1.72. The molecule has 2 rings (SSSR count). The first kappa shape index (κ1) is 13.7. The van der Waals surface area contributed by atoms with Crippen molar-refractivity contribution in [2.24, 2.45) is 5.92 Å². The zero-order valence-corrected chi connectivity index (χ0v) is 11.7. The summed E-state index contributed by atoms with van der Waals surface area (Å²) >= 11 is 0. The summed E-state index contributed by atoms with van der Waals surface area (Å²) in [6, 6.07) is 3.77. The van der Waals surface area contributed by atoms with Gasteiger partial charge < -0.3 is 5.32 Å². The lowest BCUT2D eigenvalue weighted by atomic mass is 10.0. The third-order valence-corrected chi connectivity index (χ3v) is 3.08. The Morgan fingerprint density at radius 1 is 1.16 bits per heavy atom. The number of rotatable bonds is 8. The van der Waals surface area contributed by atoms with Crippen LogP contribution in [0.4, 0.5) is 5.82 Å². The molecule has 0 aliphatic heterocycles. The molecular formula is C13H22N6. The Balaban J connectivity index is 1.62. The van der Waals surface area contributed by atoms with Crippen LogP contribution in [-0.2, 0) is 0 Å². The standard InChI is InChI=1S/C13H22N6/c1-11(2)7-5-3-4-6-10-14-12-8-9-13-15-17-18-19(13)16-12/h8-9,11H,3-7,10H2,1-2H3,(H,14,16). The monoisotopic (exact) mass is 262 g/mol. The first-order valence-corrected chi connectivity index (χ1v) is 7.05.